The molecule has 0 aliphatic heterocycles. The molecule has 2 aromatic rings. The van der Waals surface area contributed by atoms with Crippen LogP contribution in [0, 0.1) is 6.92 Å². The molecule has 0 aliphatic rings. The Balaban J connectivity index is 2.28. The highest BCUT2D eigenvalue weighted by molar-refractivity contribution is 9.10. The summed E-state index contributed by atoms with van der Waals surface area (Å²) in [6.07, 6.45) is 0. The predicted molar refractivity (Wildman–Crippen MR) is 73.6 cm³/mol. The largest absolute Gasteiger partial charge is 0.368 e. The lowest BCUT2D eigenvalue weighted by Gasteiger charge is -2.07. The number of hydrogen-bond donors (Lipinski definition) is 2. The maximum absolute atomic E-state index is 5.91. The molecule has 0 saturated carbocycles. The van der Waals surface area contributed by atoms with Crippen molar-refractivity contribution in [3.63, 3.8) is 0 Å². The van der Waals surface area contributed by atoms with Crippen LogP contribution in [-0.2, 0) is 0 Å². The summed E-state index contributed by atoms with van der Waals surface area (Å²) in [5, 5.41) is 3.79. The zero-order chi connectivity index (χ0) is 12.4. The lowest BCUT2D eigenvalue weighted by atomic mass is 10.3. The first kappa shape index (κ1) is 12.1. The van der Waals surface area contributed by atoms with E-state index in [9.17, 15) is 0 Å². The van der Waals surface area contributed by atoms with E-state index in [1.165, 1.54) is 0 Å². The highest BCUT2D eigenvalue weighted by Gasteiger charge is 2.02. The zero-order valence-electron chi connectivity index (χ0n) is 9.04. The van der Waals surface area contributed by atoms with Gasteiger partial charge in [0.2, 0.25) is 5.95 Å². The summed E-state index contributed by atoms with van der Waals surface area (Å²) in [5.74, 6) is 0.907. The van der Waals surface area contributed by atoms with E-state index in [0.29, 0.717) is 10.8 Å². The van der Waals surface area contributed by atoms with Crippen molar-refractivity contribution in [1.82, 2.24) is 9.97 Å². The van der Waals surface area contributed by atoms with Gasteiger partial charge in [0, 0.05) is 21.9 Å². The summed E-state index contributed by atoms with van der Waals surface area (Å²) in [6.45, 7) is 1.86. The Morgan fingerprint density at radius 1 is 1.29 bits per heavy atom. The first-order valence-corrected chi connectivity index (χ1v) is 6.05. The number of nitrogens with two attached hydrogens (primary N) is 1. The van der Waals surface area contributed by atoms with Gasteiger partial charge >= 0.3 is 0 Å². The molecule has 6 heteroatoms. The molecule has 1 heterocycles. The van der Waals surface area contributed by atoms with Gasteiger partial charge in [-0.25, -0.2) is 4.98 Å². The predicted octanol–water partition coefficient (Wildman–Crippen LogP) is 3.53. The molecule has 1 aromatic heterocycles. The fourth-order valence-electron chi connectivity index (χ4n) is 1.38. The number of anilines is 3. The third-order valence-corrected chi connectivity index (χ3v) is 3.28. The molecule has 0 saturated heterocycles. The number of hydrogen-bond acceptors (Lipinski definition) is 4. The van der Waals surface area contributed by atoms with Crippen LogP contribution in [0.25, 0.3) is 0 Å². The molecule has 0 aliphatic carbocycles. The zero-order valence-corrected chi connectivity index (χ0v) is 11.4. The maximum Gasteiger partial charge on any atom is 0.222 e. The Hall–Kier alpha value is -1.33. The normalized spacial score (nSPS) is 10.3. The van der Waals surface area contributed by atoms with Crippen LogP contribution < -0.4 is 11.1 Å². The van der Waals surface area contributed by atoms with Crippen molar-refractivity contribution < 1.29 is 0 Å². The average Bonchev–Trinajstić information content (AvgIpc) is 2.22. The topological polar surface area (TPSA) is 63.8 Å². The molecule has 0 amide bonds. The summed E-state index contributed by atoms with van der Waals surface area (Å²) in [5.41, 5.74) is 7.26. The number of aryl methyl sites for hydroxylation is 1. The smallest absolute Gasteiger partial charge is 0.222 e. The van der Waals surface area contributed by atoms with E-state index in [2.05, 4.69) is 31.2 Å². The standard InChI is InChI=1S/C11H10BrClN4/c1-6-4-10(17-11(14)15-6)16-7-2-3-9(13)8(12)5-7/h2-5H,1H3,(H3,14,15,16,17). The Morgan fingerprint density at radius 3 is 2.71 bits per heavy atom. The Morgan fingerprint density at radius 2 is 2.06 bits per heavy atom. The molecule has 1 aromatic carbocycles. The summed E-state index contributed by atoms with van der Waals surface area (Å²) in [4.78, 5) is 8.09. The van der Waals surface area contributed by atoms with E-state index in [-0.39, 0.29) is 5.95 Å². The molecule has 0 atom stereocenters. The van der Waals surface area contributed by atoms with Crippen molar-refractivity contribution in [2.45, 2.75) is 6.92 Å². The van der Waals surface area contributed by atoms with E-state index in [4.69, 9.17) is 17.3 Å². The van der Waals surface area contributed by atoms with E-state index in [1.807, 2.05) is 25.1 Å². The number of aromatic nitrogens is 2. The molecule has 2 rings (SSSR count). The molecular weight excluding hydrogens is 304 g/mol. The second-order valence-corrected chi connectivity index (χ2v) is 4.77. The number of benzene rings is 1. The molecule has 0 unspecified atom stereocenters. The summed E-state index contributed by atoms with van der Waals surface area (Å²) < 4.78 is 0.822. The SMILES string of the molecule is Cc1cc(Nc2ccc(Cl)c(Br)c2)nc(N)n1. The number of nitrogens with zero attached hydrogens (tertiary/aromatic N) is 2. The van der Waals surface area contributed by atoms with Crippen molar-refractivity contribution in [2.75, 3.05) is 11.1 Å². The second-order valence-electron chi connectivity index (χ2n) is 3.51. The minimum absolute atomic E-state index is 0.250. The highest BCUT2D eigenvalue weighted by atomic mass is 79.9. The third-order valence-electron chi connectivity index (χ3n) is 2.06. The first-order chi connectivity index (χ1) is 8.04. The van der Waals surface area contributed by atoms with Gasteiger partial charge in [-0.2, -0.15) is 4.98 Å². The average molecular weight is 314 g/mol. The van der Waals surface area contributed by atoms with Gasteiger partial charge in [-0.15, -0.1) is 0 Å². The molecule has 4 nitrogen and oxygen atoms in total. The van der Waals surface area contributed by atoms with Crippen LogP contribution in [0.1, 0.15) is 5.69 Å². The van der Waals surface area contributed by atoms with E-state index in [0.717, 1.165) is 15.9 Å². The molecule has 0 bridgehead atoms. The highest BCUT2D eigenvalue weighted by Crippen LogP contribution is 2.27. The van der Waals surface area contributed by atoms with Crippen molar-refractivity contribution in [1.29, 1.82) is 0 Å². The quantitative estimate of drug-likeness (QED) is 0.890. The molecule has 0 radical (unpaired) electrons. The van der Waals surface area contributed by atoms with Gasteiger partial charge < -0.3 is 11.1 Å². The Labute approximate surface area is 112 Å². The monoisotopic (exact) mass is 312 g/mol. The Bertz CT molecular complexity index is 539. The van der Waals surface area contributed by atoms with Crippen LogP contribution in [0.4, 0.5) is 17.5 Å². The van der Waals surface area contributed by atoms with Gasteiger partial charge in [-0.3, -0.25) is 0 Å². The van der Waals surface area contributed by atoms with Crippen LogP contribution in [0.5, 0.6) is 0 Å². The summed E-state index contributed by atoms with van der Waals surface area (Å²) in [6, 6.07) is 7.35. The number of nitrogens with one attached hydrogen (secondary N) is 1. The molecular formula is C11H10BrClN4. The first-order valence-electron chi connectivity index (χ1n) is 4.88. The summed E-state index contributed by atoms with van der Waals surface area (Å²) in [7, 11) is 0. The maximum atomic E-state index is 5.91. The van der Waals surface area contributed by atoms with Gasteiger partial charge in [-0.1, -0.05) is 11.6 Å². The molecule has 17 heavy (non-hydrogen) atoms. The summed E-state index contributed by atoms with van der Waals surface area (Å²) >= 11 is 9.27. The molecule has 3 N–H and O–H groups in total. The Kier molecular flexibility index (Phi) is 3.49. The number of rotatable bonds is 2. The molecule has 0 fully saturated rings. The lowest BCUT2D eigenvalue weighted by molar-refractivity contribution is 1.12. The van der Waals surface area contributed by atoms with Gasteiger partial charge in [0.05, 0.1) is 5.02 Å². The van der Waals surface area contributed by atoms with Crippen molar-refractivity contribution in [3.05, 3.63) is 39.5 Å². The van der Waals surface area contributed by atoms with Crippen LogP contribution in [-0.4, -0.2) is 9.97 Å². The van der Waals surface area contributed by atoms with Crippen molar-refractivity contribution in [3.8, 4) is 0 Å². The van der Waals surface area contributed by atoms with E-state index < -0.39 is 0 Å². The van der Waals surface area contributed by atoms with Crippen LogP contribution in [0.3, 0.4) is 0 Å². The van der Waals surface area contributed by atoms with Crippen molar-refractivity contribution in [2.24, 2.45) is 0 Å². The fraction of sp³-hybridized carbons (Fsp3) is 0.0909. The number of nitrogen functional groups attached to an aromatic ring is 1. The van der Waals surface area contributed by atoms with E-state index in [1.54, 1.807) is 6.07 Å². The van der Waals surface area contributed by atoms with E-state index >= 15 is 0 Å². The van der Waals surface area contributed by atoms with Crippen molar-refractivity contribution >= 4 is 45.0 Å². The van der Waals surface area contributed by atoms with Crippen LogP contribution >= 0.6 is 27.5 Å². The van der Waals surface area contributed by atoms with Gasteiger partial charge in [0.15, 0.2) is 0 Å². The minimum Gasteiger partial charge on any atom is -0.368 e. The molecule has 88 valence electrons. The van der Waals surface area contributed by atoms with Gasteiger partial charge in [0.25, 0.3) is 0 Å². The van der Waals surface area contributed by atoms with Crippen LogP contribution in [0.15, 0.2) is 28.7 Å². The number of halogens is 2. The van der Waals surface area contributed by atoms with Gasteiger partial charge in [0.1, 0.15) is 5.82 Å². The van der Waals surface area contributed by atoms with Crippen LogP contribution in [0.2, 0.25) is 5.02 Å². The molecule has 0 spiro atoms. The fourth-order valence-corrected chi connectivity index (χ4v) is 1.87. The lowest BCUT2D eigenvalue weighted by Crippen LogP contribution is -2.01. The van der Waals surface area contributed by atoms with Gasteiger partial charge in [-0.05, 0) is 41.1 Å². The third kappa shape index (κ3) is 3.08. The minimum atomic E-state index is 0.250. The second kappa shape index (κ2) is 4.89.